The first-order valence-corrected chi connectivity index (χ1v) is 7.25. The van der Waals surface area contributed by atoms with E-state index in [1.54, 1.807) is 0 Å². The molecule has 0 bridgehead atoms. The predicted octanol–water partition coefficient (Wildman–Crippen LogP) is 1.44. The van der Waals surface area contributed by atoms with Gasteiger partial charge in [0, 0.05) is 36.9 Å². The van der Waals surface area contributed by atoms with Crippen LogP contribution in [-0.2, 0) is 4.79 Å². The van der Waals surface area contributed by atoms with E-state index < -0.39 is 0 Å². The highest BCUT2D eigenvalue weighted by Crippen LogP contribution is 2.31. The first-order valence-electron chi connectivity index (χ1n) is 7.25. The van der Waals surface area contributed by atoms with Crippen molar-refractivity contribution in [3.63, 3.8) is 0 Å². The van der Waals surface area contributed by atoms with Crippen molar-refractivity contribution in [2.45, 2.75) is 37.6 Å². The van der Waals surface area contributed by atoms with Gasteiger partial charge < -0.3 is 10.6 Å². The smallest absolute Gasteiger partial charge is 0.225 e. The van der Waals surface area contributed by atoms with E-state index in [9.17, 15) is 4.79 Å². The van der Waals surface area contributed by atoms with Crippen LogP contribution >= 0.6 is 0 Å². The number of aromatic nitrogens is 1. The lowest BCUT2D eigenvalue weighted by Crippen LogP contribution is -2.53. The number of carbonyl (C=O) groups excluding carboxylic acids is 1. The van der Waals surface area contributed by atoms with Crippen LogP contribution in [-0.4, -0.2) is 30.0 Å². The maximum absolute atomic E-state index is 11.9. The van der Waals surface area contributed by atoms with Gasteiger partial charge >= 0.3 is 0 Å². The number of nitrogens with zero attached hydrogens (tertiary/aromatic N) is 1. The summed E-state index contributed by atoms with van der Waals surface area (Å²) in [7, 11) is 0. The normalized spacial score (nSPS) is 27.6. The van der Waals surface area contributed by atoms with E-state index in [1.807, 2.05) is 12.3 Å². The second-order valence-corrected chi connectivity index (χ2v) is 5.67. The van der Waals surface area contributed by atoms with Crippen molar-refractivity contribution in [2.75, 3.05) is 13.1 Å². The van der Waals surface area contributed by atoms with Crippen LogP contribution in [0.15, 0.2) is 24.4 Å². The number of hydrogen-bond acceptors (Lipinski definition) is 3. The summed E-state index contributed by atoms with van der Waals surface area (Å²) in [6.45, 7) is 1.68. The van der Waals surface area contributed by atoms with E-state index in [4.69, 9.17) is 0 Å². The summed E-state index contributed by atoms with van der Waals surface area (Å²) in [5, 5.41) is 6.33. The van der Waals surface area contributed by atoms with Crippen LogP contribution in [0.4, 0.5) is 0 Å². The second kappa shape index (κ2) is 5.70. The zero-order chi connectivity index (χ0) is 13.1. The molecule has 1 aromatic heterocycles. The third-order valence-electron chi connectivity index (χ3n) is 4.33. The van der Waals surface area contributed by atoms with Crippen molar-refractivity contribution >= 4 is 5.91 Å². The van der Waals surface area contributed by atoms with Crippen molar-refractivity contribution in [3.05, 3.63) is 30.1 Å². The van der Waals surface area contributed by atoms with Gasteiger partial charge in [0.25, 0.3) is 0 Å². The van der Waals surface area contributed by atoms with E-state index >= 15 is 0 Å². The predicted molar refractivity (Wildman–Crippen MR) is 73.7 cm³/mol. The van der Waals surface area contributed by atoms with Crippen LogP contribution < -0.4 is 10.6 Å². The molecule has 0 radical (unpaired) electrons. The minimum absolute atomic E-state index is 0.202. The van der Waals surface area contributed by atoms with Gasteiger partial charge in [0.2, 0.25) is 5.91 Å². The third-order valence-corrected chi connectivity index (χ3v) is 4.33. The molecule has 0 aromatic carbocycles. The Morgan fingerprint density at radius 1 is 1.21 bits per heavy atom. The molecule has 4 heteroatoms. The maximum atomic E-state index is 11.9. The molecule has 1 aliphatic carbocycles. The van der Waals surface area contributed by atoms with Gasteiger partial charge in [-0.2, -0.15) is 0 Å². The summed E-state index contributed by atoms with van der Waals surface area (Å²) < 4.78 is 0. The van der Waals surface area contributed by atoms with E-state index in [0.29, 0.717) is 12.0 Å². The summed E-state index contributed by atoms with van der Waals surface area (Å²) >= 11 is 0. The lowest BCUT2D eigenvalue weighted by atomic mass is 9.83. The van der Waals surface area contributed by atoms with Crippen molar-refractivity contribution < 1.29 is 4.79 Å². The number of amides is 1. The molecule has 1 saturated carbocycles. The largest absolute Gasteiger partial charge is 0.353 e. The molecular formula is C15H21N3O. The number of pyridine rings is 1. The Balaban J connectivity index is 1.48. The van der Waals surface area contributed by atoms with E-state index in [2.05, 4.69) is 27.8 Å². The highest BCUT2D eigenvalue weighted by Gasteiger charge is 2.29. The van der Waals surface area contributed by atoms with Crippen molar-refractivity contribution in [1.29, 1.82) is 0 Å². The molecule has 1 aromatic rings. The molecule has 0 unspecified atom stereocenters. The number of carbonyl (C=O) groups is 1. The van der Waals surface area contributed by atoms with Crippen LogP contribution in [0.25, 0.3) is 0 Å². The highest BCUT2D eigenvalue weighted by molar-refractivity contribution is 5.80. The molecule has 1 aliphatic heterocycles. The Bertz CT molecular complexity index is 422. The molecule has 102 valence electrons. The summed E-state index contributed by atoms with van der Waals surface area (Å²) in [5.41, 5.74) is 1.20. The average molecular weight is 259 g/mol. The van der Waals surface area contributed by atoms with Gasteiger partial charge in [0.05, 0.1) is 5.92 Å². The summed E-state index contributed by atoms with van der Waals surface area (Å²) in [6, 6.07) is 6.50. The molecule has 1 amide bonds. The summed E-state index contributed by atoms with van der Waals surface area (Å²) in [4.78, 5) is 16.3. The molecule has 3 rings (SSSR count). The number of hydrogen-bond donors (Lipinski definition) is 2. The fourth-order valence-corrected chi connectivity index (χ4v) is 2.94. The maximum Gasteiger partial charge on any atom is 0.225 e. The fraction of sp³-hybridized carbons (Fsp3) is 0.600. The standard InChI is InChI=1S/C15H21N3O/c19-15(12-9-16-10-12)18-13-6-4-11(5-7-13)14-3-1-2-8-17-14/h1-3,8,11-13,16H,4-7,9-10H2,(H,18,19). The minimum Gasteiger partial charge on any atom is -0.353 e. The molecule has 2 fully saturated rings. The Morgan fingerprint density at radius 3 is 2.58 bits per heavy atom. The summed E-state index contributed by atoms with van der Waals surface area (Å²) in [5.74, 6) is 1.01. The topological polar surface area (TPSA) is 54.0 Å². The van der Waals surface area contributed by atoms with Crippen molar-refractivity contribution in [2.24, 2.45) is 5.92 Å². The molecular weight excluding hydrogens is 238 g/mol. The first kappa shape index (κ1) is 12.6. The monoisotopic (exact) mass is 259 g/mol. The van der Waals surface area contributed by atoms with Crippen LogP contribution in [0, 0.1) is 5.92 Å². The summed E-state index contributed by atoms with van der Waals surface area (Å²) in [6.07, 6.45) is 6.28. The zero-order valence-corrected chi connectivity index (χ0v) is 11.1. The van der Waals surface area contributed by atoms with Crippen LogP contribution in [0.1, 0.15) is 37.3 Å². The first-order chi connectivity index (χ1) is 9.33. The third kappa shape index (κ3) is 2.95. The van der Waals surface area contributed by atoms with Gasteiger partial charge in [-0.3, -0.25) is 9.78 Å². The Morgan fingerprint density at radius 2 is 2.00 bits per heavy atom. The zero-order valence-electron chi connectivity index (χ0n) is 11.1. The van der Waals surface area contributed by atoms with E-state index in [1.165, 1.54) is 5.69 Å². The second-order valence-electron chi connectivity index (χ2n) is 5.67. The van der Waals surface area contributed by atoms with Gasteiger partial charge in [0.1, 0.15) is 0 Å². The quantitative estimate of drug-likeness (QED) is 0.863. The Labute approximate surface area is 114 Å². The van der Waals surface area contributed by atoms with E-state index in [-0.39, 0.29) is 11.8 Å². The Kier molecular flexibility index (Phi) is 3.78. The van der Waals surface area contributed by atoms with Crippen LogP contribution in [0.3, 0.4) is 0 Å². The van der Waals surface area contributed by atoms with E-state index in [0.717, 1.165) is 38.8 Å². The van der Waals surface area contributed by atoms with Gasteiger partial charge in [-0.05, 0) is 37.8 Å². The highest BCUT2D eigenvalue weighted by atomic mass is 16.2. The lowest BCUT2D eigenvalue weighted by Gasteiger charge is -2.32. The van der Waals surface area contributed by atoms with Gasteiger partial charge in [0.15, 0.2) is 0 Å². The number of rotatable bonds is 3. The van der Waals surface area contributed by atoms with Crippen molar-refractivity contribution in [3.8, 4) is 0 Å². The number of nitrogens with one attached hydrogen (secondary N) is 2. The van der Waals surface area contributed by atoms with Crippen molar-refractivity contribution in [1.82, 2.24) is 15.6 Å². The molecule has 0 spiro atoms. The van der Waals surface area contributed by atoms with Gasteiger partial charge in [-0.1, -0.05) is 6.07 Å². The SMILES string of the molecule is O=C(NC1CCC(c2ccccn2)CC1)C1CNC1. The average Bonchev–Trinajstić information content (AvgIpc) is 2.38. The molecule has 19 heavy (non-hydrogen) atoms. The Hall–Kier alpha value is -1.42. The molecule has 2 heterocycles. The molecule has 2 N–H and O–H groups in total. The van der Waals surface area contributed by atoms with Gasteiger partial charge in [-0.25, -0.2) is 0 Å². The van der Waals surface area contributed by atoms with Gasteiger partial charge in [-0.15, -0.1) is 0 Å². The molecule has 4 nitrogen and oxygen atoms in total. The molecule has 2 aliphatic rings. The van der Waals surface area contributed by atoms with Crippen LogP contribution in [0.5, 0.6) is 0 Å². The fourth-order valence-electron chi connectivity index (χ4n) is 2.94. The van der Waals surface area contributed by atoms with Crippen LogP contribution in [0.2, 0.25) is 0 Å². The molecule has 0 atom stereocenters. The molecule has 1 saturated heterocycles. The minimum atomic E-state index is 0.202. The lowest BCUT2D eigenvalue weighted by molar-refractivity contribution is -0.127.